The van der Waals surface area contributed by atoms with Crippen molar-refractivity contribution in [2.24, 2.45) is 11.8 Å². The molecule has 0 amide bonds. The molecule has 1 aliphatic heterocycles. The van der Waals surface area contributed by atoms with Gasteiger partial charge in [0.2, 0.25) is 0 Å². The largest absolute Gasteiger partial charge is 0.497 e. The molecular weight excluding hydrogens is 494 g/mol. The Labute approximate surface area is 221 Å². The van der Waals surface area contributed by atoms with Crippen LogP contribution in [0.5, 0.6) is 5.75 Å². The molecule has 0 unspecified atom stereocenters. The molecule has 2 aromatic carbocycles. The Balaban J connectivity index is 1.35. The van der Waals surface area contributed by atoms with E-state index in [4.69, 9.17) is 4.74 Å². The number of hydrogen-bond donors (Lipinski definition) is 1. The number of carboxylic acids is 1. The van der Waals surface area contributed by atoms with E-state index in [0.717, 1.165) is 47.6 Å². The maximum absolute atomic E-state index is 15.5. The van der Waals surface area contributed by atoms with E-state index >= 15 is 4.39 Å². The van der Waals surface area contributed by atoms with Crippen molar-refractivity contribution in [1.29, 1.82) is 0 Å². The number of methoxy groups -OCH3 is 1. The molecule has 1 N–H and O–H groups in total. The van der Waals surface area contributed by atoms with Crippen LogP contribution in [0.15, 0.2) is 59.6 Å². The van der Waals surface area contributed by atoms with Gasteiger partial charge in [0.1, 0.15) is 17.7 Å². The number of aromatic nitrogens is 1. The number of aliphatic carboxylic acids is 1. The van der Waals surface area contributed by atoms with Gasteiger partial charge in [-0.1, -0.05) is 6.07 Å². The number of fused-ring (bicyclic) bond motifs is 1. The van der Waals surface area contributed by atoms with E-state index in [-0.39, 0.29) is 24.1 Å². The monoisotopic (exact) mass is 528 g/mol. The summed E-state index contributed by atoms with van der Waals surface area (Å²) in [4.78, 5) is 18.9. The molecule has 3 atom stereocenters. The minimum absolute atomic E-state index is 0.126. The van der Waals surface area contributed by atoms with Gasteiger partial charge >= 0.3 is 5.97 Å². The highest BCUT2D eigenvalue weighted by Gasteiger charge is 2.30. The molecule has 0 aliphatic carbocycles. The summed E-state index contributed by atoms with van der Waals surface area (Å²) in [5.41, 5.74) is 1.36. The normalized spacial score (nSPS) is 19.1. The quantitative estimate of drug-likeness (QED) is 0.262. The summed E-state index contributed by atoms with van der Waals surface area (Å²) in [5, 5.41) is 10.0. The molecule has 2 heterocycles. The highest BCUT2D eigenvalue weighted by Crippen LogP contribution is 2.36. The van der Waals surface area contributed by atoms with Crippen molar-refractivity contribution < 1.29 is 23.4 Å². The van der Waals surface area contributed by atoms with Crippen molar-refractivity contribution in [3.63, 3.8) is 0 Å². The number of carbonyl (C=O) groups is 1. The van der Waals surface area contributed by atoms with E-state index < -0.39 is 12.1 Å². The van der Waals surface area contributed by atoms with Gasteiger partial charge in [-0.2, -0.15) is 0 Å². The standard InChI is InChI=1S/C29H34F2N2O3S/c1-36-23-7-9-28-26(18-23)25(11-13-32-28)27(31)8-5-20-12-14-33(19-21(20)6-10-29(34)35)15-16-37-24-4-2-3-22(30)17-24/h2-4,7,9,11,13,17-18,20-21,27H,5-6,8,10,12,14-16,19H2,1H3,(H,34,35)/t20-,21-,27-/m1/s1. The number of hydrogen-bond acceptors (Lipinski definition) is 5. The third-order valence-corrected chi connectivity index (χ3v) is 8.26. The van der Waals surface area contributed by atoms with Crippen LogP contribution in [0.25, 0.3) is 10.9 Å². The zero-order valence-electron chi connectivity index (χ0n) is 21.1. The second-order valence-electron chi connectivity index (χ2n) is 9.68. The van der Waals surface area contributed by atoms with Crippen molar-refractivity contribution in [3.8, 4) is 5.75 Å². The molecule has 0 bridgehead atoms. The number of rotatable bonds is 12. The summed E-state index contributed by atoms with van der Waals surface area (Å²) in [6.45, 7) is 2.58. The van der Waals surface area contributed by atoms with Crippen LogP contribution in [-0.4, -0.2) is 53.5 Å². The Bertz CT molecular complexity index is 1190. The third-order valence-electron chi connectivity index (χ3n) is 7.29. The predicted octanol–water partition coefficient (Wildman–Crippen LogP) is 6.77. The van der Waals surface area contributed by atoms with Crippen LogP contribution in [0.2, 0.25) is 0 Å². The van der Waals surface area contributed by atoms with Crippen LogP contribution in [0.4, 0.5) is 8.78 Å². The lowest BCUT2D eigenvalue weighted by atomic mass is 9.79. The first-order valence-electron chi connectivity index (χ1n) is 12.8. The van der Waals surface area contributed by atoms with Crippen LogP contribution in [0, 0.1) is 17.7 Å². The molecule has 1 aromatic heterocycles. The topological polar surface area (TPSA) is 62.7 Å². The number of nitrogens with zero attached hydrogens (tertiary/aromatic N) is 2. The Kier molecular flexibility index (Phi) is 9.75. The molecular formula is C29H34F2N2O3S. The minimum atomic E-state index is -1.13. The second kappa shape index (κ2) is 13.2. The Morgan fingerprint density at radius 2 is 2.08 bits per heavy atom. The van der Waals surface area contributed by atoms with E-state index in [1.807, 2.05) is 24.3 Å². The zero-order chi connectivity index (χ0) is 26.2. The number of likely N-dealkylation sites (tertiary alicyclic amines) is 1. The average Bonchev–Trinajstić information content (AvgIpc) is 2.90. The summed E-state index contributed by atoms with van der Waals surface area (Å²) in [7, 11) is 1.59. The van der Waals surface area contributed by atoms with E-state index in [9.17, 15) is 14.3 Å². The maximum atomic E-state index is 15.5. The minimum Gasteiger partial charge on any atom is -0.497 e. The molecule has 8 heteroatoms. The highest BCUT2D eigenvalue weighted by molar-refractivity contribution is 7.99. The molecule has 37 heavy (non-hydrogen) atoms. The average molecular weight is 529 g/mol. The lowest BCUT2D eigenvalue weighted by Crippen LogP contribution is -2.41. The first-order chi connectivity index (χ1) is 17.9. The Hall–Kier alpha value is -2.71. The first kappa shape index (κ1) is 27.3. The molecule has 1 fully saturated rings. The number of piperidine rings is 1. The fourth-order valence-electron chi connectivity index (χ4n) is 5.29. The first-order valence-corrected chi connectivity index (χ1v) is 13.8. The molecule has 5 nitrogen and oxygen atoms in total. The molecule has 3 aromatic rings. The fraction of sp³-hybridized carbons (Fsp3) is 0.448. The molecule has 4 rings (SSSR count). The van der Waals surface area contributed by atoms with Crippen LogP contribution < -0.4 is 4.74 Å². The van der Waals surface area contributed by atoms with Gasteiger partial charge in [0.25, 0.3) is 0 Å². The predicted molar refractivity (Wildman–Crippen MR) is 143 cm³/mol. The van der Waals surface area contributed by atoms with Crippen molar-refractivity contribution in [2.45, 2.75) is 43.2 Å². The van der Waals surface area contributed by atoms with Crippen LogP contribution in [-0.2, 0) is 4.79 Å². The third kappa shape index (κ3) is 7.65. The molecule has 0 radical (unpaired) electrons. The molecule has 1 aliphatic rings. The van der Waals surface area contributed by atoms with E-state index in [0.29, 0.717) is 30.6 Å². The molecule has 0 saturated carbocycles. The molecule has 1 saturated heterocycles. The van der Waals surface area contributed by atoms with E-state index in [1.54, 1.807) is 43.3 Å². The number of thioether (sulfide) groups is 1. The van der Waals surface area contributed by atoms with E-state index in [1.165, 1.54) is 6.07 Å². The Morgan fingerprint density at radius 3 is 2.86 bits per heavy atom. The SMILES string of the molecule is COc1ccc2nccc([C@H](F)CC[C@@H]3CCN(CCSc4cccc(F)c4)C[C@H]3CCC(=O)O)c2c1. The number of carboxylic acid groups (broad SMARTS) is 1. The number of ether oxygens (including phenoxy) is 1. The second-order valence-corrected chi connectivity index (χ2v) is 10.8. The smallest absolute Gasteiger partial charge is 0.303 e. The van der Waals surface area contributed by atoms with Gasteiger partial charge in [-0.05, 0) is 92.1 Å². The Morgan fingerprint density at radius 1 is 1.22 bits per heavy atom. The van der Waals surface area contributed by atoms with Gasteiger partial charge in [0, 0.05) is 41.7 Å². The van der Waals surface area contributed by atoms with Crippen LogP contribution >= 0.6 is 11.8 Å². The van der Waals surface area contributed by atoms with Gasteiger partial charge in [0.15, 0.2) is 0 Å². The van der Waals surface area contributed by atoms with Gasteiger partial charge < -0.3 is 14.7 Å². The summed E-state index contributed by atoms with van der Waals surface area (Å²) in [6.07, 6.45) is 3.27. The maximum Gasteiger partial charge on any atom is 0.303 e. The number of benzene rings is 2. The summed E-state index contributed by atoms with van der Waals surface area (Å²) in [5.74, 6) is 0.983. The fourth-order valence-corrected chi connectivity index (χ4v) is 6.24. The lowest BCUT2D eigenvalue weighted by molar-refractivity contribution is -0.137. The lowest BCUT2D eigenvalue weighted by Gasteiger charge is -2.39. The van der Waals surface area contributed by atoms with Crippen molar-refractivity contribution >= 4 is 28.6 Å². The van der Waals surface area contributed by atoms with Crippen molar-refractivity contribution in [2.75, 3.05) is 32.5 Å². The number of halogens is 2. The molecule has 198 valence electrons. The van der Waals surface area contributed by atoms with Crippen molar-refractivity contribution in [3.05, 3.63) is 66.1 Å². The van der Waals surface area contributed by atoms with Gasteiger partial charge in [-0.25, -0.2) is 8.78 Å². The van der Waals surface area contributed by atoms with Crippen molar-refractivity contribution in [1.82, 2.24) is 9.88 Å². The van der Waals surface area contributed by atoms with Gasteiger partial charge in [-0.15, -0.1) is 11.8 Å². The summed E-state index contributed by atoms with van der Waals surface area (Å²) in [6, 6.07) is 13.9. The van der Waals surface area contributed by atoms with E-state index in [2.05, 4.69) is 9.88 Å². The van der Waals surface area contributed by atoms with Gasteiger partial charge in [-0.3, -0.25) is 9.78 Å². The van der Waals surface area contributed by atoms with Crippen LogP contribution in [0.1, 0.15) is 43.8 Å². The number of pyridine rings is 1. The summed E-state index contributed by atoms with van der Waals surface area (Å²) >= 11 is 1.62. The van der Waals surface area contributed by atoms with Crippen LogP contribution in [0.3, 0.4) is 0 Å². The van der Waals surface area contributed by atoms with Gasteiger partial charge in [0.05, 0.1) is 12.6 Å². The zero-order valence-corrected chi connectivity index (χ0v) is 21.9. The number of alkyl halides is 1. The molecule has 0 spiro atoms. The highest BCUT2D eigenvalue weighted by atomic mass is 32.2. The summed E-state index contributed by atoms with van der Waals surface area (Å²) < 4.78 is 34.3.